The van der Waals surface area contributed by atoms with Crippen LogP contribution >= 0.6 is 0 Å². The normalized spacial score (nSPS) is 22.0. The van der Waals surface area contributed by atoms with E-state index in [-0.39, 0.29) is 11.9 Å². The van der Waals surface area contributed by atoms with Crippen LogP contribution in [0.2, 0.25) is 0 Å². The maximum atomic E-state index is 11.6. The van der Waals surface area contributed by atoms with E-state index in [2.05, 4.69) is 17.6 Å². The standard InChI is InChI=1S/C12H24N2O2/c1-3-16-8-4-5-12(15)14-10(2)11-6-7-13-9-11/h10-11,13H,3-9H2,1-2H3,(H,14,15). The van der Waals surface area contributed by atoms with Crippen molar-refractivity contribution in [2.75, 3.05) is 26.3 Å². The molecule has 2 unspecified atom stereocenters. The lowest BCUT2D eigenvalue weighted by Gasteiger charge is -2.19. The Morgan fingerprint density at radius 2 is 2.44 bits per heavy atom. The van der Waals surface area contributed by atoms with E-state index in [1.54, 1.807) is 0 Å². The lowest BCUT2D eigenvalue weighted by atomic mass is 10.0. The Morgan fingerprint density at radius 3 is 3.06 bits per heavy atom. The highest BCUT2D eigenvalue weighted by Gasteiger charge is 2.22. The first-order valence-electron chi connectivity index (χ1n) is 6.32. The average Bonchev–Trinajstić information content (AvgIpc) is 2.77. The topological polar surface area (TPSA) is 50.4 Å². The molecule has 1 heterocycles. The van der Waals surface area contributed by atoms with Crippen molar-refractivity contribution in [1.29, 1.82) is 0 Å². The van der Waals surface area contributed by atoms with Crippen LogP contribution in [0.3, 0.4) is 0 Å². The quantitative estimate of drug-likeness (QED) is 0.637. The largest absolute Gasteiger partial charge is 0.382 e. The zero-order chi connectivity index (χ0) is 11.8. The highest BCUT2D eigenvalue weighted by atomic mass is 16.5. The minimum absolute atomic E-state index is 0.152. The molecule has 4 nitrogen and oxygen atoms in total. The molecule has 1 rings (SSSR count). The van der Waals surface area contributed by atoms with Gasteiger partial charge in [-0.05, 0) is 45.7 Å². The zero-order valence-corrected chi connectivity index (χ0v) is 10.4. The van der Waals surface area contributed by atoms with Gasteiger partial charge < -0.3 is 15.4 Å². The SMILES string of the molecule is CCOCCCC(=O)NC(C)C1CCNC1. The van der Waals surface area contributed by atoms with E-state index in [9.17, 15) is 4.79 Å². The molecular weight excluding hydrogens is 204 g/mol. The third kappa shape index (κ3) is 4.94. The molecule has 1 aliphatic heterocycles. The predicted molar refractivity (Wildman–Crippen MR) is 64.3 cm³/mol. The molecule has 1 amide bonds. The maximum absolute atomic E-state index is 11.6. The summed E-state index contributed by atoms with van der Waals surface area (Å²) in [7, 11) is 0. The number of nitrogens with one attached hydrogen (secondary N) is 2. The van der Waals surface area contributed by atoms with E-state index in [0.717, 1.165) is 26.1 Å². The number of carbonyl (C=O) groups is 1. The summed E-state index contributed by atoms with van der Waals surface area (Å²) in [5.74, 6) is 0.745. The summed E-state index contributed by atoms with van der Waals surface area (Å²) in [5.41, 5.74) is 0. The average molecular weight is 228 g/mol. The Morgan fingerprint density at radius 1 is 1.62 bits per heavy atom. The van der Waals surface area contributed by atoms with Crippen molar-refractivity contribution in [3.05, 3.63) is 0 Å². The van der Waals surface area contributed by atoms with Gasteiger partial charge in [-0.1, -0.05) is 0 Å². The van der Waals surface area contributed by atoms with Gasteiger partial charge in [-0.25, -0.2) is 0 Å². The number of hydrogen-bond acceptors (Lipinski definition) is 3. The molecule has 0 spiro atoms. The van der Waals surface area contributed by atoms with Gasteiger partial charge in [0.2, 0.25) is 5.91 Å². The van der Waals surface area contributed by atoms with Crippen LogP contribution in [0, 0.1) is 5.92 Å². The lowest BCUT2D eigenvalue weighted by Crippen LogP contribution is -2.38. The molecule has 1 fully saturated rings. The Balaban J connectivity index is 2.08. The van der Waals surface area contributed by atoms with E-state index in [1.165, 1.54) is 6.42 Å². The van der Waals surface area contributed by atoms with Crippen LogP contribution < -0.4 is 10.6 Å². The van der Waals surface area contributed by atoms with Crippen molar-refractivity contribution in [3.8, 4) is 0 Å². The lowest BCUT2D eigenvalue weighted by molar-refractivity contribution is -0.122. The van der Waals surface area contributed by atoms with Crippen molar-refractivity contribution >= 4 is 5.91 Å². The van der Waals surface area contributed by atoms with Crippen LogP contribution in [-0.4, -0.2) is 38.3 Å². The number of ether oxygens (including phenoxy) is 1. The molecule has 0 saturated carbocycles. The van der Waals surface area contributed by atoms with Gasteiger partial charge in [0, 0.05) is 25.7 Å². The van der Waals surface area contributed by atoms with Crippen LogP contribution in [0.25, 0.3) is 0 Å². The van der Waals surface area contributed by atoms with E-state index < -0.39 is 0 Å². The van der Waals surface area contributed by atoms with Crippen molar-refractivity contribution in [1.82, 2.24) is 10.6 Å². The second-order valence-electron chi connectivity index (χ2n) is 4.41. The number of carbonyl (C=O) groups excluding carboxylic acids is 1. The van der Waals surface area contributed by atoms with Gasteiger partial charge in [-0.2, -0.15) is 0 Å². The molecule has 1 aliphatic rings. The molecule has 4 heteroatoms. The Hall–Kier alpha value is -0.610. The highest BCUT2D eigenvalue weighted by Crippen LogP contribution is 2.12. The van der Waals surface area contributed by atoms with Gasteiger partial charge >= 0.3 is 0 Å². The molecule has 2 N–H and O–H groups in total. The van der Waals surface area contributed by atoms with Gasteiger partial charge in [0.15, 0.2) is 0 Å². The van der Waals surface area contributed by atoms with Crippen LogP contribution in [0.4, 0.5) is 0 Å². The number of rotatable bonds is 7. The zero-order valence-electron chi connectivity index (χ0n) is 10.4. The molecule has 0 radical (unpaired) electrons. The second-order valence-corrected chi connectivity index (χ2v) is 4.41. The minimum Gasteiger partial charge on any atom is -0.382 e. The third-order valence-electron chi connectivity index (χ3n) is 3.09. The monoisotopic (exact) mass is 228 g/mol. The fourth-order valence-corrected chi connectivity index (χ4v) is 2.03. The summed E-state index contributed by atoms with van der Waals surface area (Å²) in [6.07, 6.45) is 2.56. The molecule has 0 aromatic rings. The summed E-state index contributed by atoms with van der Waals surface area (Å²) in [4.78, 5) is 11.6. The molecule has 1 saturated heterocycles. The molecular formula is C12H24N2O2. The van der Waals surface area contributed by atoms with Crippen LogP contribution in [0.5, 0.6) is 0 Å². The van der Waals surface area contributed by atoms with Gasteiger partial charge in [0.1, 0.15) is 0 Å². The fraction of sp³-hybridized carbons (Fsp3) is 0.917. The third-order valence-corrected chi connectivity index (χ3v) is 3.09. The van der Waals surface area contributed by atoms with Crippen molar-refractivity contribution in [3.63, 3.8) is 0 Å². The summed E-state index contributed by atoms with van der Waals surface area (Å²) in [6, 6.07) is 0.287. The van der Waals surface area contributed by atoms with E-state index in [1.807, 2.05) is 6.92 Å². The van der Waals surface area contributed by atoms with Gasteiger partial charge in [-0.15, -0.1) is 0 Å². The second kappa shape index (κ2) is 7.63. The first-order valence-corrected chi connectivity index (χ1v) is 6.32. The van der Waals surface area contributed by atoms with Crippen LogP contribution in [-0.2, 0) is 9.53 Å². The van der Waals surface area contributed by atoms with Crippen molar-refractivity contribution in [2.45, 2.75) is 39.2 Å². The molecule has 2 atom stereocenters. The Kier molecular flexibility index (Phi) is 6.42. The van der Waals surface area contributed by atoms with E-state index in [0.29, 0.717) is 18.9 Å². The minimum atomic E-state index is 0.152. The number of amides is 1. The van der Waals surface area contributed by atoms with Crippen LogP contribution in [0.15, 0.2) is 0 Å². The summed E-state index contributed by atoms with van der Waals surface area (Å²) in [5, 5.41) is 6.38. The molecule has 0 aromatic carbocycles. The fourth-order valence-electron chi connectivity index (χ4n) is 2.03. The van der Waals surface area contributed by atoms with Gasteiger partial charge in [-0.3, -0.25) is 4.79 Å². The first kappa shape index (κ1) is 13.5. The molecule has 0 aliphatic carbocycles. The maximum Gasteiger partial charge on any atom is 0.220 e. The molecule has 0 bridgehead atoms. The molecule has 0 aromatic heterocycles. The molecule has 16 heavy (non-hydrogen) atoms. The predicted octanol–water partition coefficient (Wildman–Crippen LogP) is 0.917. The van der Waals surface area contributed by atoms with Crippen molar-refractivity contribution in [2.24, 2.45) is 5.92 Å². The molecule has 94 valence electrons. The number of hydrogen-bond donors (Lipinski definition) is 2. The van der Waals surface area contributed by atoms with Gasteiger partial charge in [0.05, 0.1) is 0 Å². The summed E-state index contributed by atoms with van der Waals surface area (Å²) < 4.78 is 5.20. The summed E-state index contributed by atoms with van der Waals surface area (Å²) in [6.45, 7) is 7.58. The van der Waals surface area contributed by atoms with Crippen LogP contribution in [0.1, 0.15) is 33.1 Å². The highest BCUT2D eigenvalue weighted by molar-refractivity contribution is 5.76. The van der Waals surface area contributed by atoms with E-state index in [4.69, 9.17) is 4.74 Å². The Labute approximate surface area is 98.1 Å². The van der Waals surface area contributed by atoms with E-state index >= 15 is 0 Å². The summed E-state index contributed by atoms with van der Waals surface area (Å²) >= 11 is 0. The first-order chi connectivity index (χ1) is 7.74. The smallest absolute Gasteiger partial charge is 0.220 e. The van der Waals surface area contributed by atoms with Crippen molar-refractivity contribution < 1.29 is 9.53 Å². The Bertz CT molecular complexity index is 203. The van der Waals surface area contributed by atoms with Gasteiger partial charge in [0.25, 0.3) is 0 Å².